The van der Waals surface area contributed by atoms with Crippen LogP contribution < -0.4 is 21.7 Å². The van der Waals surface area contributed by atoms with E-state index in [1.165, 1.54) is 12.4 Å². The highest BCUT2D eigenvalue weighted by molar-refractivity contribution is 7.13. The molecule has 0 aromatic carbocycles. The number of nitrogens with two attached hydrogens (primary N) is 1. The van der Waals surface area contributed by atoms with E-state index in [0.717, 1.165) is 10.6 Å². The molecule has 3 aromatic rings. The van der Waals surface area contributed by atoms with Gasteiger partial charge in [0.1, 0.15) is 11.5 Å². The summed E-state index contributed by atoms with van der Waals surface area (Å²) >= 11 is 1.57. The van der Waals surface area contributed by atoms with Gasteiger partial charge in [0.2, 0.25) is 0 Å². The Balaban J connectivity index is 1.62. The largest absolute Gasteiger partial charge is 0.352 e. The van der Waals surface area contributed by atoms with Crippen molar-refractivity contribution in [2.24, 2.45) is 12.8 Å². The molecule has 146 valence electrons. The van der Waals surface area contributed by atoms with Crippen LogP contribution in [0.15, 0.2) is 42.0 Å². The van der Waals surface area contributed by atoms with Crippen LogP contribution in [0.5, 0.6) is 0 Å². The molecule has 28 heavy (non-hydrogen) atoms. The number of hydrogen-bond donors (Lipinski definition) is 4. The molecule has 0 radical (unpaired) electrons. The van der Waals surface area contributed by atoms with Gasteiger partial charge < -0.3 is 16.4 Å². The number of pyridine rings is 1. The van der Waals surface area contributed by atoms with Crippen LogP contribution in [0.4, 0.5) is 16.3 Å². The number of nitrogens with one attached hydrogen (secondary N) is 3. The van der Waals surface area contributed by atoms with E-state index in [2.05, 4.69) is 26.0 Å². The van der Waals surface area contributed by atoms with Crippen molar-refractivity contribution in [3.05, 3.63) is 47.6 Å². The van der Waals surface area contributed by atoms with E-state index in [0.29, 0.717) is 36.6 Å². The van der Waals surface area contributed by atoms with Gasteiger partial charge >= 0.3 is 6.03 Å². The molecule has 0 aliphatic heterocycles. The molecular formula is C18H21N7O2S. The quantitative estimate of drug-likeness (QED) is 0.453. The van der Waals surface area contributed by atoms with E-state index in [9.17, 15) is 9.59 Å². The second kappa shape index (κ2) is 9.11. The Morgan fingerprint density at radius 3 is 2.86 bits per heavy atom. The summed E-state index contributed by atoms with van der Waals surface area (Å²) in [6.45, 7) is 0.989. The number of carbonyl (C=O) groups excluding carboxylic acids is 2. The first-order chi connectivity index (χ1) is 13.6. The Kier molecular flexibility index (Phi) is 6.35. The maximum Gasteiger partial charge on any atom is 0.324 e. The maximum absolute atomic E-state index is 12.3. The number of aromatic nitrogens is 3. The Morgan fingerprint density at radius 2 is 2.11 bits per heavy atom. The van der Waals surface area contributed by atoms with Crippen LogP contribution in [0, 0.1) is 0 Å². The molecule has 3 amide bonds. The minimum absolute atomic E-state index is 0.266. The van der Waals surface area contributed by atoms with E-state index in [1.807, 2.05) is 17.5 Å². The van der Waals surface area contributed by atoms with Gasteiger partial charge in [-0.25, -0.2) is 4.79 Å². The molecule has 0 aliphatic carbocycles. The Labute approximate surface area is 166 Å². The zero-order valence-electron chi connectivity index (χ0n) is 15.3. The van der Waals surface area contributed by atoms with Gasteiger partial charge in [0.25, 0.3) is 5.91 Å². The number of anilines is 2. The van der Waals surface area contributed by atoms with E-state index in [-0.39, 0.29) is 5.91 Å². The lowest BCUT2D eigenvalue weighted by Gasteiger charge is -2.09. The summed E-state index contributed by atoms with van der Waals surface area (Å²) < 4.78 is 1.59. The van der Waals surface area contributed by atoms with Crippen molar-refractivity contribution in [2.75, 3.05) is 23.7 Å². The second-order valence-corrected chi connectivity index (χ2v) is 6.90. The highest BCUT2D eigenvalue weighted by Gasteiger charge is 2.12. The van der Waals surface area contributed by atoms with Crippen LogP contribution >= 0.6 is 11.3 Å². The number of carbonyl (C=O) groups is 2. The number of aryl methyl sites for hydroxylation is 1. The zero-order chi connectivity index (χ0) is 19.9. The van der Waals surface area contributed by atoms with E-state index in [1.54, 1.807) is 35.2 Å². The summed E-state index contributed by atoms with van der Waals surface area (Å²) in [6.07, 6.45) is 3.60. The van der Waals surface area contributed by atoms with E-state index >= 15 is 0 Å². The molecule has 3 rings (SSSR count). The summed E-state index contributed by atoms with van der Waals surface area (Å²) in [4.78, 5) is 29.4. The van der Waals surface area contributed by atoms with Crippen molar-refractivity contribution >= 4 is 34.8 Å². The summed E-state index contributed by atoms with van der Waals surface area (Å²) in [5.41, 5.74) is 6.96. The molecule has 3 heterocycles. The van der Waals surface area contributed by atoms with Crippen molar-refractivity contribution < 1.29 is 9.59 Å². The van der Waals surface area contributed by atoms with Crippen molar-refractivity contribution in [2.45, 2.75) is 6.42 Å². The number of nitrogens with zero attached hydrogens (tertiary/aromatic N) is 3. The molecule has 0 aliphatic rings. The molecule has 10 heteroatoms. The standard InChI is InChI=1S/C18H21N7O2S/c1-25-16(9-14(24-25)15-4-2-7-28-15)23-18(27)22-13-8-12(10-20-11-13)17(26)21-6-3-5-19/h2,4,7-11H,3,5-6,19H2,1H3,(H,21,26)(H2,22,23,27). The third-order valence-corrected chi connectivity index (χ3v) is 4.71. The average Bonchev–Trinajstić information content (AvgIpc) is 3.32. The molecule has 0 unspecified atom stereocenters. The van der Waals surface area contributed by atoms with Gasteiger partial charge in [-0.1, -0.05) is 6.07 Å². The van der Waals surface area contributed by atoms with Crippen LogP contribution in [-0.2, 0) is 7.05 Å². The molecule has 0 atom stereocenters. The highest BCUT2D eigenvalue weighted by atomic mass is 32.1. The van der Waals surface area contributed by atoms with Crippen molar-refractivity contribution in [1.82, 2.24) is 20.1 Å². The summed E-state index contributed by atoms with van der Waals surface area (Å²) in [6, 6.07) is 6.81. The van der Waals surface area contributed by atoms with Gasteiger partial charge in [-0.05, 0) is 30.5 Å². The highest BCUT2D eigenvalue weighted by Crippen LogP contribution is 2.25. The maximum atomic E-state index is 12.3. The fourth-order valence-corrected chi connectivity index (χ4v) is 3.13. The van der Waals surface area contributed by atoms with Gasteiger partial charge in [0, 0.05) is 25.9 Å². The van der Waals surface area contributed by atoms with Gasteiger partial charge in [0.05, 0.1) is 22.3 Å². The Morgan fingerprint density at radius 1 is 1.25 bits per heavy atom. The summed E-state index contributed by atoms with van der Waals surface area (Å²) in [7, 11) is 1.75. The SMILES string of the molecule is Cn1nc(-c2cccs2)cc1NC(=O)Nc1cncc(C(=O)NCCCN)c1. The van der Waals surface area contributed by atoms with Crippen LogP contribution in [-0.4, -0.2) is 39.8 Å². The predicted octanol–water partition coefficient (Wildman–Crippen LogP) is 2.27. The van der Waals surface area contributed by atoms with E-state index in [4.69, 9.17) is 5.73 Å². The molecule has 3 aromatic heterocycles. The molecule has 0 fully saturated rings. The molecule has 0 spiro atoms. The lowest BCUT2D eigenvalue weighted by atomic mass is 10.2. The minimum atomic E-state index is -0.455. The lowest BCUT2D eigenvalue weighted by molar-refractivity contribution is 0.0953. The number of rotatable bonds is 7. The van der Waals surface area contributed by atoms with Crippen LogP contribution in [0.3, 0.4) is 0 Å². The fourth-order valence-electron chi connectivity index (χ4n) is 2.45. The van der Waals surface area contributed by atoms with Crippen LogP contribution in [0.2, 0.25) is 0 Å². The first-order valence-corrected chi connectivity index (χ1v) is 9.54. The fraction of sp³-hybridized carbons (Fsp3) is 0.222. The van der Waals surface area contributed by atoms with Gasteiger partial charge in [-0.15, -0.1) is 11.3 Å². The average molecular weight is 399 g/mol. The van der Waals surface area contributed by atoms with Crippen LogP contribution in [0.1, 0.15) is 16.8 Å². The number of amides is 3. The zero-order valence-corrected chi connectivity index (χ0v) is 16.1. The molecule has 0 saturated heterocycles. The van der Waals surface area contributed by atoms with Crippen molar-refractivity contribution in [3.8, 4) is 10.6 Å². The van der Waals surface area contributed by atoms with E-state index < -0.39 is 6.03 Å². The van der Waals surface area contributed by atoms with Crippen molar-refractivity contribution in [3.63, 3.8) is 0 Å². The molecule has 0 bridgehead atoms. The van der Waals surface area contributed by atoms with Gasteiger partial charge in [-0.2, -0.15) is 5.10 Å². The minimum Gasteiger partial charge on any atom is -0.352 e. The number of hydrogen-bond acceptors (Lipinski definition) is 6. The third-order valence-electron chi connectivity index (χ3n) is 3.82. The molecule has 9 nitrogen and oxygen atoms in total. The number of urea groups is 1. The smallest absolute Gasteiger partial charge is 0.324 e. The molecular weight excluding hydrogens is 378 g/mol. The van der Waals surface area contributed by atoms with Crippen molar-refractivity contribution in [1.29, 1.82) is 0 Å². The topological polar surface area (TPSA) is 127 Å². The first-order valence-electron chi connectivity index (χ1n) is 8.66. The Hall–Kier alpha value is -3.24. The van der Waals surface area contributed by atoms with Gasteiger partial charge in [-0.3, -0.25) is 19.8 Å². The summed E-state index contributed by atoms with van der Waals surface area (Å²) in [5.74, 6) is 0.279. The lowest BCUT2D eigenvalue weighted by Crippen LogP contribution is -2.26. The predicted molar refractivity (Wildman–Crippen MR) is 109 cm³/mol. The molecule has 0 saturated carbocycles. The monoisotopic (exact) mass is 399 g/mol. The number of thiophene rings is 1. The van der Waals surface area contributed by atoms with Gasteiger partial charge in [0.15, 0.2) is 0 Å². The molecule has 5 N–H and O–H groups in total. The first kappa shape index (κ1) is 19.5. The summed E-state index contributed by atoms with van der Waals surface area (Å²) in [5, 5.41) is 14.5. The normalized spacial score (nSPS) is 10.5. The third kappa shape index (κ3) is 4.93. The van der Waals surface area contributed by atoms with Crippen LogP contribution in [0.25, 0.3) is 10.6 Å². The second-order valence-electron chi connectivity index (χ2n) is 5.96. The Bertz CT molecular complexity index is 953.